The molecule has 0 fully saturated rings. The lowest BCUT2D eigenvalue weighted by molar-refractivity contribution is 0.536. The van der Waals surface area contributed by atoms with E-state index >= 15 is 0 Å². The number of pyridine rings is 1. The number of aryl methyl sites for hydroxylation is 1. The molecule has 1 aromatic carbocycles. The van der Waals surface area contributed by atoms with Crippen LogP contribution in [0, 0.1) is 0 Å². The van der Waals surface area contributed by atoms with Crippen LogP contribution in [-0.4, -0.2) is 24.1 Å². The minimum absolute atomic E-state index is 0.247. The molecule has 2 aromatic rings. The lowest BCUT2D eigenvalue weighted by atomic mass is 10.1. The number of benzene rings is 1. The Kier molecular flexibility index (Phi) is 8.46. The second kappa shape index (κ2) is 11.9. The molecule has 0 unspecified atom stereocenters. The maximum Gasteiger partial charge on any atom is 0.352 e. The molecule has 3 heterocycles. The molecule has 0 saturated heterocycles. The number of hydrogen-bond acceptors (Lipinski definition) is 5. The second-order valence-electron chi connectivity index (χ2n) is 9.49. The molecule has 2 aliphatic rings. The van der Waals surface area contributed by atoms with Crippen LogP contribution in [0.15, 0.2) is 50.8 Å². The van der Waals surface area contributed by atoms with Crippen LogP contribution in [0.25, 0.3) is 33.8 Å². The summed E-state index contributed by atoms with van der Waals surface area (Å²) in [4.78, 5) is 50.1. The zero-order valence-electron chi connectivity index (χ0n) is 21.3. The molecule has 2 aliphatic heterocycles. The van der Waals surface area contributed by atoms with Crippen LogP contribution in [0.2, 0.25) is 0 Å². The highest BCUT2D eigenvalue weighted by molar-refractivity contribution is 5.83. The number of aromatic amines is 1. The molecule has 36 heavy (non-hydrogen) atoms. The summed E-state index contributed by atoms with van der Waals surface area (Å²) in [7, 11) is 1.40. The second-order valence-corrected chi connectivity index (χ2v) is 9.49. The molecule has 0 radical (unpaired) electrons. The lowest BCUT2D eigenvalue weighted by Gasteiger charge is -2.17. The third kappa shape index (κ3) is 5.64. The van der Waals surface area contributed by atoms with Crippen LogP contribution in [0.3, 0.4) is 0 Å². The van der Waals surface area contributed by atoms with Gasteiger partial charge in [-0.15, -0.1) is 0 Å². The number of nitrogens with one attached hydrogen (secondary N) is 1. The number of rotatable bonds is 12. The lowest BCUT2D eigenvalue weighted by Crippen LogP contribution is -2.36. The zero-order valence-corrected chi connectivity index (χ0v) is 21.3. The van der Waals surface area contributed by atoms with Crippen molar-refractivity contribution in [2.45, 2.75) is 77.7 Å². The average Bonchev–Trinajstić information content (AvgIpc) is 2.89. The SMILES string of the molecule is CCCCCCCCCCCCn1c2nc(=O)n(C)c(=O)c-2cc2c(=O)[nH]c(-c3ccccc3)nc21. The van der Waals surface area contributed by atoms with Gasteiger partial charge in [-0.2, -0.15) is 4.98 Å². The Hall–Kier alpha value is -3.55. The smallest absolute Gasteiger partial charge is 0.309 e. The Morgan fingerprint density at radius 3 is 2.14 bits per heavy atom. The third-order valence-electron chi connectivity index (χ3n) is 6.78. The summed E-state index contributed by atoms with van der Waals surface area (Å²) in [5, 5.41) is 0.312. The molecule has 0 atom stereocenters. The first-order valence-corrected chi connectivity index (χ1v) is 13.1. The summed E-state index contributed by atoms with van der Waals surface area (Å²) in [6, 6.07) is 10.9. The van der Waals surface area contributed by atoms with E-state index in [0.717, 1.165) is 29.4 Å². The average molecular weight is 490 g/mol. The van der Waals surface area contributed by atoms with Crippen molar-refractivity contribution < 1.29 is 0 Å². The quantitative estimate of drug-likeness (QED) is 0.226. The Morgan fingerprint density at radius 2 is 1.47 bits per heavy atom. The number of unbranched alkanes of at least 4 members (excludes halogenated alkanes) is 9. The molecular formula is C28H35N5O3. The van der Waals surface area contributed by atoms with Crippen molar-refractivity contribution in [3.8, 4) is 22.8 Å². The van der Waals surface area contributed by atoms with E-state index in [0.29, 0.717) is 23.4 Å². The number of H-pyrrole nitrogens is 1. The molecule has 0 amide bonds. The van der Waals surface area contributed by atoms with E-state index in [2.05, 4.69) is 16.9 Å². The van der Waals surface area contributed by atoms with Gasteiger partial charge in [0.1, 0.15) is 11.5 Å². The van der Waals surface area contributed by atoms with Gasteiger partial charge in [0.25, 0.3) is 11.1 Å². The first-order valence-electron chi connectivity index (χ1n) is 13.1. The summed E-state index contributed by atoms with van der Waals surface area (Å²) in [6.45, 7) is 2.76. The van der Waals surface area contributed by atoms with Crippen molar-refractivity contribution in [2.75, 3.05) is 0 Å². The molecule has 190 valence electrons. The summed E-state index contributed by atoms with van der Waals surface area (Å²) in [5.41, 5.74) is 0.0547. The number of hydrogen-bond donors (Lipinski definition) is 1. The van der Waals surface area contributed by atoms with Gasteiger partial charge in [-0.3, -0.25) is 14.2 Å². The van der Waals surface area contributed by atoms with E-state index in [9.17, 15) is 14.4 Å². The molecular weight excluding hydrogens is 454 g/mol. The van der Waals surface area contributed by atoms with Crippen LogP contribution < -0.4 is 16.8 Å². The topological polar surface area (TPSA) is 103 Å². The molecule has 8 nitrogen and oxygen atoms in total. The summed E-state index contributed by atoms with van der Waals surface area (Å²) < 4.78 is 2.75. The van der Waals surface area contributed by atoms with Crippen LogP contribution in [-0.2, 0) is 13.6 Å². The highest BCUT2D eigenvalue weighted by Crippen LogP contribution is 2.24. The van der Waals surface area contributed by atoms with E-state index in [-0.39, 0.29) is 16.9 Å². The van der Waals surface area contributed by atoms with Crippen molar-refractivity contribution in [2.24, 2.45) is 7.05 Å². The minimum Gasteiger partial charge on any atom is -0.309 e. The van der Waals surface area contributed by atoms with Crippen LogP contribution in [0.1, 0.15) is 71.1 Å². The minimum atomic E-state index is -0.614. The van der Waals surface area contributed by atoms with E-state index in [1.807, 2.05) is 30.3 Å². The number of fused-ring (bicyclic) bond motifs is 2. The van der Waals surface area contributed by atoms with Gasteiger partial charge >= 0.3 is 5.69 Å². The van der Waals surface area contributed by atoms with Crippen molar-refractivity contribution in [3.05, 3.63) is 67.6 Å². The molecule has 0 spiro atoms. The van der Waals surface area contributed by atoms with Gasteiger partial charge in [0.05, 0.1) is 10.9 Å². The van der Waals surface area contributed by atoms with Crippen molar-refractivity contribution >= 4 is 11.0 Å². The molecule has 0 aliphatic carbocycles. The van der Waals surface area contributed by atoms with E-state index < -0.39 is 11.2 Å². The Labute approximate surface area is 210 Å². The van der Waals surface area contributed by atoms with Crippen LogP contribution in [0.5, 0.6) is 0 Å². The fourth-order valence-corrected chi connectivity index (χ4v) is 4.67. The Balaban J connectivity index is 1.63. The van der Waals surface area contributed by atoms with Crippen LogP contribution in [0.4, 0.5) is 0 Å². The normalized spacial score (nSPS) is 11.5. The summed E-state index contributed by atoms with van der Waals surface area (Å²) in [5.74, 6) is 0.721. The van der Waals surface area contributed by atoms with Crippen molar-refractivity contribution in [1.82, 2.24) is 24.1 Å². The fourth-order valence-electron chi connectivity index (χ4n) is 4.67. The van der Waals surface area contributed by atoms with E-state index in [1.54, 1.807) is 4.57 Å². The maximum atomic E-state index is 13.1. The predicted molar refractivity (Wildman–Crippen MR) is 144 cm³/mol. The van der Waals surface area contributed by atoms with Gasteiger partial charge < -0.3 is 9.55 Å². The molecule has 8 heteroatoms. The monoisotopic (exact) mass is 489 g/mol. The summed E-state index contributed by atoms with van der Waals surface area (Å²) in [6.07, 6.45) is 12.0. The highest BCUT2D eigenvalue weighted by atomic mass is 16.2. The molecule has 0 saturated carbocycles. The summed E-state index contributed by atoms with van der Waals surface area (Å²) >= 11 is 0. The van der Waals surface area contributed by atoms with E-state index in [1.165, 1.54) is 58.1 Å². The zero-order chi connectivity index (χ0) is 25.5. The number of nitrogens with zero attached hydrogens (tertiary/aromatic N) is 4. The van der Waals surface area contributed by atoms with Crippen LogP contribution >= 0.6 is 0 Å². The Bertz CT molecular complexity index is 1450. The van der Waals surface area contributed by atoms with Crippen molar-refractivity contribution in [3.63, 3.8) is 0 Å². The maximum absolute atomic E-state index is 13.1. The van der Waals surface area contributed by atoms with Gasteiger partial charge in [0.2, 0.25) is 0 Å². The largest absolute Gasteiger partial charge is 0.352 e. The molecule has 1 aromatic heterocycles. The Morgan fingerprint density at radius 1 is 0.833 bits per heavy atom. The predicted octanol–water partition coefficient (Wildman–Crippen LogP) is 4.87. The molecule has 1 N–H and O–H groups in total. The standard InChI is InChI=1S/C28H35N5O3/c1-3-4-5-6-7-8-9-10-11-15-18-33-24-21(19-22-25(33)31-28(36)32(2)27(22)35)26(34)30-23(29-24)20-16-13-12-14-17-20/h12-14,16-17,19H,3-11,15,18H2,1-2H3,(H,29,30,34). The highest BCUT2D eigenvalue weighted by Gasteiger charge is 2.21. The van der Waals surface area contributed by atoms with Gasteiger partial charge in [0, 0.05) is 19.2 Å². The van der Waals surface area contributed by atoms with E-state index in [4.69, 9.17) is 4.98 Å². The van der Waals surface area contributed by atoms with Gasteiger partial charge in [-0.05, 0) is 12.5 Å². The first kappa shape index (κ1) is 25.5. The molecule has 0 bridgehead atoms. The first-order chi connectivity index (χ1) is 17.5. The number of aromatic nitrogens is 5. The van der Waals surface area contributed by atoms with Gasteiger partial charge in [0.15, 0.2) is 5.82 Å². The third-order valence-corrected chi connectivity index (χ3v) is 6.78. The van der Waals surface area contributed by atoms with Gasteiger partial charge in [-0.25, -0.2) is 9.78 Å². The van der Waals surface area contributed by atoms with Crippen molar-refractivity contribution in [1.29, 1.82) is 0 Å². The van der Waals surface area contributed by atoms with Gasteiger partial charge in [-0.1, -0.05) is 95.0 Å². The molecule has 4 rings (SSSR count). The fraction of sp³-hybridized carbons (Fsp3) is 0.464.